The van der Waals surface area contributed by atoms with Crippen LogP contribution in [0.2, 0.25) is 5.02 Å². The Labute approximate surface area is 263 Å². The third-order valence-corrected chi connectivity index (χ3v) is 9.15. The maximum absolute atomic E-state index is 14.4. The van der Waals surface area contributed by atoms with Crippen molar-refractivity contribution in [3.63, 3.8) is 0 Å². The van der Waals surface area contributed by atoms with E-state index in [2.05, 4.69) is 5.32 Å². The van der Waals surface area contributed by atoms with Gasteiger partial charge in [0, 0.05) is 24.5 Å². The summed E-state index contributed by atoms with van der Waals surface area (Å²) in [6, 6.07) is 26.6. The molecule has 44 heavy (non-hydrogen) atoms. The average molecular weight is 636 g/mol. The standard InChI is InChI=1S/C34H35ClFN3O4S/c1-3-20-37-34(41)32(21-26-10-6-4-7-11-26)38(23-27-15-18-29(36)19-16-27)33(40)24-39(31-22-28(35)17-14-25(31)2)44(42,43)30-12-8-5-9-13-30/h4-19,22,32H,3,20-21,23-24H2,1-2H3,(H,37,41)/t32-/m0/s1. The number of anilines is 1. The van der Waals surface area contributed by atoms with Crippen LogP contribution in [0, 0.1) is 12.7 Å². The summed E-state index contributed by atoms with van der Waals surface area (Å²) < 4.78 is 43.0. The predicted molar refractivity (Wildman–Crippen MR) is 171 cm³/mol. The number of rotatable bonds is 13. The minimum absolute atomic E-state index is 0.00113. The van der Waals surface area contributed by atoms with Gasteiger partial charge >= 0.3 is 0 Å². The molecule has 0 heterocycles. The summed E-state index contributed by atoms with van der Waals surface area (Å²) in [5, 5.41) is 3.20. The molecule has 4 rings (SSSR count). The van der Waals surface area contributed by atoms with Gasteiger partial charge in [-0.15, -0.1) is 0 Å². The molecule has 0 aliphatic heterocycles. The Kier molecular flexibility index (Phi) is 11.1. The normalized spacial score (nSPS) is 11.9. The highest BCUT2D eigenvalue weighted by molar-refractivity contribution is 7.92. The molecule has 0 aromatic heterocycles. The van der Waals surface area contributed by atoms with Crippen molar-refractivity contribution in [1.82, 2.24) is 10.2 Å². The van der Waals surface area contributed by atoms with Crippen LogP contribution in [0.15, 0.2) is 108 Å². The fraction of sp³-hybridized carbons (Fsp3) is 0.235. The number of halogens is 2. The molecular formula is C34H35ClFN3O4S. The summed E-state index contributed by atoms with van der Waals surface area (Å²) in [6.45, 7) is 3.40. The summed E-state index contributed by atoms with van der Waals surface area (Å²) >= 11 is 6.31. The van der Waals surface area contributed by atoms with Gasteiger partial charge < -0.3 is 10.2 Å². The highest BCUT2D eigenvalue weighted by Crippen LogP contribution is 2.30. The van der Waals surface area contributed by atoms with Crippen LogP contribution in [0.3, 0.4) is 0 Å². The van der Waals surface area contributed by atoms with Gasteiger partial charge in [0.2, 0.25) is 11.8 Å². The number of hydrogen-bond acceptors (Lipinski definition) is 4. The lowest BCUT2D eigenvalue weighted by molar-refractivity contribution is -0.140. The number of sulfonamides is 1. The first-order chi connectivity index (χ1) is 21.1. The average Bonchev–Trinajstić information content (AvgIpc) is 3.03. The Morgan fingerprint density at radius 1 is 0.886 bits per heavy atom. The molecule has 4 aromatic rings. The molecule has 0 radical (unpaired) electrons. The van der Waals surface area contributed by atoms with Crippen molar-refractivity contribution in [1.29, 1.82) is 0 Å². The number of hydrogen-bond donors (Lipinski definition) is 1. The van der Waals surface area contributed by atoms with Crippen molar-refractivity contribution in [3.8, 4) is 0 Å². The van der Waals surface area contributed by atoms with Gasteiger partial charge in [0.05, 0.1) is 10.6 Å². The molecule has 7 nitrogen and oxygen atoms in total. The summed E-state index contributed by atoms with van der Waals surface area (Å²) in [7, 11) is -4.24. The van der Waals surface area contributed by atoms with Crippen LogP contribution in [0.25, 0.3) is 0 Å². The first-order valence-electron chi connectivity index (χ1n) is 14.3. The molecule has 4 aromatic carbocycles. The van der Waals surface area contributed by atoms with E-state index in [4.69, 9.17) is 11.6 Å². The molecule has 1 N–H and O–H groups in total. The van der Waals surface area contributed by atoms with E-state index < -0.39 is 34.3 Å². The molecule has 0 aliphatic carbocycles. The number of carbonyl (C=O) groups excluding carboxylic acids is 2. The van der Waals surface area contributed by atoms with Crippen LogP contribution in [0.1, 0.15) is 30.0 Å². The minimum atomic E-state index is -4.24. The lowest BCUT2D eigenvalue weighted by Crippen LogP contribution is -2.53. The third-order valence-electron chi connectivity index (χ3n) is 7.14. The van der Waals surface area contributed by atoms with E-state index in [-0.39, 0.29) is 29.5 Å². The van der Waals surface area contributed by atoms with Crippen molar-refractivity contribution < 1.29 is 22.4 Å². The summed E-state index contributed by atoms with van der Waals surface area (Å²) in [5.74, 6) is -1.42. The maximum atomic E-state index is 14.4. The first kappa shape index (κ1) is 32.7. The minimum Gasteiger partial charge on any atom is -0.354 e. The third kappa shape index (κ3) is 8.24. The van der Waals surface area contributed by atoms with Gasteiger partial charge in [-0.05, 0) is 66.4 Å². The zero-order valence-corrected chi connectivity index (χ0v) is 26.2. The van der Waals surface area contributed by atoms with E-state index in [1.54, 1.807) is 49.4 Å². The molecule has 0 saturated carbocycles. The van der Waals surface area contributed by atoms with Gasteiger partial charge in [0.25, 0.3) is 10.0 Å². The molecule has 230 valence electrons. The van der Waals surface area contributed by atoms with Gasteiger partial charge in [0.15, 0.2) is 0 Å². The highest BCUT2D eigenvalue weighted by atomic mass is 35.5. The van der Waals surface area contributed by atoms with Crippen LogP contribution >= 0.6 is 11.6 Å². The second-order valence-electron chi connectivity index (χ2n) is 10.4. The van der Waals surface area contributed by atoms with Crippen LogP contribution in [0.5, 0.6) is 0 Å². The molecule has 0 unspecified atom stereocenters. The van der Waals surface area contributed by atoms with Crippen molar-refractivity contribution in [2.45, 2.75) is 44.2 Å². The summed E-state index contributed by atoms with van der Waals surface area (Å²) in [6.07, 6.45) is 0.873. The van der Waals surface area contributed by atoms with Gasteiger partial charge in [-0.2, -0.15) is 0 Å². The molecule has 0 bridgehead atoms. The summed E-state index contributed by atoms with van der Waals surface area (Å²) in [4.78, 5) is 29.4. The van der Waals surface area contributed by atoms with E-state index in [1.807, 2.05) is 37.3 Å². The van der Waals surface area contributed by atoms with Crippen LogP contribution < -0.4 is 9.62 Å². The Morgan fingerprint density at radius 3 is 2.16 bits per heavy atom. The van der Waals surface area contributed by atoms with Crippen molar-refractivity contribution >= 4 is 39.1 Å². The number of benzene rings is 4. The van der Waals surface area contributed by atoms with E-state index >= 15 is 0 Å². The van der Waals surface area contributed by atoms with Gasteiger partial charge in [0.1, 0.15) is 18.4 Å². The first-order valence-corrected chi connectivity index (χ1v) is 16.1. The lowest BCUT2D eigenvalue weighted by Gasteiger charge is -2.34. The van der Waals surface area contributed by atoms with E-state index in [0.29, 0.717) is 29.1 Å². The number of nitrogens with one attached hydrogen (secondary N) is 1. The van der Waals surface area contributed by atoms with Crippen molar-refractivity contribution in [2.24, 2.45) is 0 Å². The Bertz CT molecular complexity index is 1670. The molecule has 2 amide bonds. The van der Waals surface area contributed by atoms with Crippen molar-refractivity contribution in [3.05, 3.63) is 131 Å². The van der Waals surface area contributed by atoms with E-state index in [9.17, 15) is 22.4 Å². The highest BCUT2D eigenvalue weighted by Gasteiger charge is 2.35. The van der Waals surface area contributed by atoms with Gasteiger partial charge in [-0.3, -0.25) is 13.9 Å². The Morgan fingerprint density at radius 2 is 1.52 bits per heavy atom. The topological polar surface area (TPSA) is 86.8 Å². The zero-order valence-electron chi connectivity index (χ0n) is 24.6. The molecule has 10 heteroatoms. The molecule has 0 saturated heterocycles. The van der Waals surface area contributed by atoms with Crippen molar-refractivity contribution in [2.75, 3.05) is 17.4 Å². The maximum Gasteiger partial charge on any atom is 0.264 e. The van der Waals surface area contributed by atoms with E-state index in [0.717, 1.165) is 9.87 Å². The molecule has 1 atom stereocenters. The van der Waals surface area contributed by atoms with Gasteiger partial charge in [-0.25, -0.2) is 12.8 Å². The fourth-order valence-corrected chi connectivity index (χ4v) is 6.45. The number of nitrogens with zero attached hydrogens (tertiary/aromatic N) is 2. The zero-order chi connectivity index (χ0) is 31.7. The van der Waals surface area contributed by atoms with E-state index in [1.165, 1.54) is 35.2 Å². The second-order valence-corrected chi connectivity index (χ2v) is 12.7. The number of aryl methyl sites for hydroxylation is 1. The number of carbonyl (C=O) groups is 2. The predicted octanol–water partition coefficient (Wildman–Crippen LogP) is 6.15. The van der Waals surface area contributed by atoms with Crippen LogP contribution in [-0.2, 0) is 32.6 Å². The van der Waals surface area contributed by atoms with Gasteiger partial charge in [-0.1, -0.05) is 85.3 Å². The fourth-order valence-electron chi connectivity index (χ4n) is 4.79. The quantitative estimate of drug-likeness (QED) is 0.191. The van der Waals surface area contributed by atoms with Crippen LogP contribution in [-0.4, -0.2) is 44.3 Å². The molecule has 0 aliphatic rings. The Balaban J connectivity index is 1.81. The molecule has 0 spiro atoms. The lowest BCUT2D eigenvalue weighted by atomic mass is 10.0. The molecule has 0 fully saturated rings. The number of amides is 2. The second kappa shape index (κ2) is 15.0. The monoisotopic (exact) mass is 635 g/mol. The molecular weight excluding hydrogens is 601 g/mol. The van der Waals surface area contributed by atoms with Crippen LogP contribution in [0.4, 0.5) is 10.1 Å². The smallest absolute Gasteiger partial charge is 0.264 e. The SMILES string of the molecule is CCCNC(=O)[C@H](Cc1ccccc1)N(Cc1ccc(F)cc1)C(=O)CN(c1cc(Cl)ccc1C)S(=O)(=O)c1ccccc1. The summed E-state index contributed by atoms with van der Waals surface area (Å²) in [5.41, 5.74) is 2.23. The Hall–Kier alpha value is -4.21. The largest absolute Gasteiger partial charge is 0.354 e.